The number of aromatic nitrogens is 1. The number of thioether (sulfide) groups is 1. The largest absolute Gasteiger partial charge is 0.464 e. The van der Waals surface area contributed by atoms with Crippen molar-refractivity contribution in [3.8, 4) is 0 Å². The Hall–Kier alpha value is -1.30. The van der Waals surface area contributed by atoms with E-state index in [1.165, 1.54) is 7.11 Å². The van der Waals surface area contributed by atoms with Crippen LogP contribution in [0.5, 0.6) is 0 Å². The van der Waals surface area contributed by atoms with E-state index in [2.05, 4.69) is 23.6 Å². The van der Waals surface area contributed by atoms with Crippen molar-refractivity contribution in [1.82, 2.24) is 4.98 Å². The molecule has 19 heavy (non-hydrogen) atoms. The van der Waals surface area contributed by atoms with Gasteiger partial charge >= 0.3 is 5.97 Å². The summed E-state index contributed by atoms with van der Waals surface area (Å²) in [7, 11) is 1.33. The van der Waals surface area contributed by atoms with Crippen molar-refractivity contribution in [2.75, 3.05) is 12.9 Å². The molecular formula is C13H18N2O3S. The van der Waals surface area contributed by atoms with Crippen molar-refractivity contribution in [2.45, 2.75) is 33.2 Å². The fourth-order valence-corrected chi connectivity index (χ4v) is 3.06. The second-order valence-electron chi connectivity index (χ2n) is 5.08. The maximum absolute atomic E-state index is 11.6. The minimum absolute atomic E-state index is 0.233. The summed E-state index contributed by atoms with van der Waals surface area (Å²) in [5.41, 5.74) is -0.265. The lowest BCUT2D eigenvalue weighted by Crippen LogP contribution is -2.20. The molecule has 0 radical (unpaired) electrons. The maximum atomic E-state index is 11.6. The highest BCUT2D eigenvalue weighted by Crippen LogP contribution is 2.38. The van der Waals surface area contributed by atoms with Crippen molar-refractivity contribution in [3.63, 3.8) is 0 Å². The zero-order valence-electron chi connectivity index (χ0n) is 11.8. The van der Waals surface area contributed by atoms with Crippen LogP contribution in [0.15, 0.2) is 9.41 Å². The van der Waals surface area contributed by atoms with Gasteiger partial charge in [0.2, 0.25) is 5.89 Å². The Kier molecular flexibility index (Phi) is 3.71. The van der Waals surface area contributed by atoms with E-state index < -0.39 is 11.5 Å². The maximum Gasteiger partial charge on any atom is 0.360 e. The van der Waals surface area contributed by atoms with Crippen LogP contribution in [0.25, 0.3) is 0 Å². The van der Waals surface area contributed by atoms with Gasteiger partial charge in [0, 0.05) is 11.7 Å². The molecule has 1 aromatic heterocycles. The first-order valence-electron chi connectivity index (χ1n) is 6.16. The van der Waals surface area contributed by atoms with E-state index in [0.29, 0.717) is 17.6 Å². The minimum atomic E-state index is -0.499. The van der Waals surface area contributed by atoms with E-state index in [4.69, 9.17) is 9.41 Å². The molecule has 0 saturated carbocycles. The van der Waals surface area contributed by atoms with Crippen LogP contribution < -0.4 is 0 Å². The van der Waals surface area contributed by atoms with Gasteiger partial charge in [-0.1, -0.05) is 13.8 Å². The van der Waals surface area contributed by atoms with Gasteiger partial charge in [-0.15, -0.1) is 11.8 Å². The zero-order chi connectivity index (χ0) is 14.2. The number of carbonyl (C=O) groups excluding carboxylic acids is 1. The van der Waals surface area contributed by atoms with E-state index in [0.717, 1.165) is 10.8 Å². The molecule has 1 atom stereocenters. The highest BCUT2D eigenvalue weighted by Gasteiger charge is 2.39. The predicted octanol–water partition coefficient (Wildman–Crippen LogP) is 2.79. The SMILES string of the molecule is COC(=O)c1nc([C@]2(C)CSC(C(C)C)=N2)oc1C. The monoisotopic (exact) mass is 282 g/mol. The first-order valence-corrected chi connectivity index (χ1v) is 7.14. The summed E-state index contributed by atoms with van der Waals surface area (Å²) in [5.74, 6) is 1.65. The van der Waals surface area contributed by atoms with Crippen LogP contribution in [0.1, 0.15) is 42.9 Å². The third-order valence-corrected chi connectivity index (χ3v) is 4.55. The van der Waals surface area contributed by atoms with E-state index in [1.807, 2.05) is 6.92 Å². The summed E-state index contributed by atoms with van der Waals surface area (Å²) in [5, 5.41) is 1.10. The summed E-state index contributed by atoms with van der Waals surface area (Å²) in [6.45, 7) is 7.90. The van der Waals surface area contributed by atoms with E-state index in [9.17, 15) is 4.79 Å². The summed E-state index contributed by atoms with van der Waals surface area (Å²) in [4.78, 5) is 20.5. The van der Waals surface area contributed by atoms with Gasteiger partial charge in [-0.3, -0.25) is 4.99 Å². The van der Waals surface area contributed by atoms with Crippen LogP contribution in [0.4, 0.5) is 0 Å². The Balaban J connectivity index is 2.36. The second kappa shape index (κ2) is 5.00. The van der Waals surface area contributed by atoms with Crippen LogP contribution >= 0.6 is 11.8 Å². The van der Waals surface area contributed by atoms with E-state index >= 15 is 0 Å². The third-order valence-electron chi connectivity index (χ3n) is 2.99. The molecule has 0 aliphatic carbocycles. The van der Waals surface area contributed by atoms with Crippen molar-refractivity contribution < 1.29 is 13.9 Å². The number of carbonyl (C=O) groups is 1. The molecule has 0 amide bonds. The number of methoxy groups -OCH3 is 1. The first kappa shape index (κ1) is 14.1. The highest BCUT2D eigenvalue weighted by molar-refractivity contribution is 8.14. The summed E-state index contributed by atoms with van der Waals surface area (Å²) in [6, 6.07) is 0. The number of aryl methyl sites for hydroxylation is 1. The smallest absolute Gasteiger partial charge is 0.360 e. The number of nitrogens with zero attached hydrogens (tertiary/aromatic N) is 2. The number of ether oxygens (including phenoxy) is 1. The molecule has 5 nitrogen and oxygen atoms in total. The lowest BCUT2D eigenvalue weighted by molar-refractivity contribution is 0.0593. The van der Waals surface area contributed by atoms with Crippen LogP contribution in [0.3, 0.4) is 0 Å². The number of aliphatic imine (C=N–C) groups is 1. The number of hydrogen-bond acceptors (Lipinski definition) is 6. The summed E-state index contributed by atoms with van der Waals surface area (Å²) < 4.78 is 10.3. The molecular weight excluding hydrogens is 264 g/mol. The number of oxazole rings is 1. The Morgan fingerprint density at radius 1 is 1.53 bits per heavy atom. The van der Waals surface area contributed by atoms with Crippen LogP contribution in [0.2, 0.25) is 0 Å². The third kappa shape index (κ3) is 2.54. The van der Waals surface area contributed by atoms with Gasteiger partial charge in [-0.05, 0) is 13.8 Å². The molecule has 0 spiro atoms. The zero-order valence-corrected chi connectivity index (χ0v) is 12.6. The van der Waals surface area contributed by atoms with Crippen molar-refractivity contribution in [1.29, 1.82) is 0 Å². The standard InChI is InChI=1S/C13H18N2O3S/c1-7(2)10-15-13(4,6-19-10)12-14-9(8(3)18-12)11(16)17-5/h7H,6H2,1-5H3/t13-/m0/s1. The van der Waals surface area contributed by atoms with Crippen LogP contribution in [-0.2, 0) is 10.3 Å². The Morgan fingerprint density at radius 2 is 2.21 bits per heavy atom. The molecule has 1 aromatic rings. The minimum Gasteiger partial charge on any atom is -0.464 e. The molecule has 1 aliphatic heterocycles. The normalized spacial score (nSPS) is 22.7. The molecule has 0 unspecified atom stereocenters. The number of esters is 1. The van der Waals surface area contributed by atoms with Crippen molar-refractivity contribution >= 4 is 22.8 Å². The van der Waals surface area contributed by atoms with E-state index in [-0.39, 0.29) is 5.69 Å². The van der Waals surface area contributed by atoms with Gasteiger partial charge in [-0.2, -0.15) is 0 Å². The fraction of sp³-hybridized carbons (Fsp3) is 0.615. The van der Waals surface area contributed by atoms with E-state index in [1.54, 1.807) is 18.7 Å². The molecule has 0 bridgehead atoms. The quantitative estimate of drug-likeness (QED) is 0.798. The van der Waals surface area contributed by atoms with Gasteiger partial charge in [0.25, 0.3) is 0 Å². The van der Waals surface area contributed by atoms with Gasteiger partial charge < -0.3 is 9.15 Å². The Morgan fingerprint density at radius 3 is 2.74 bits per heavy atom. The lowest BCUT2D eigenvalue weighted by Gasteiger charge is -2.14. The van der Waals surface area contributed by atoms with Gasteiger partial charge in [0.15, 0.2) is 5.69 Å². The van der Waals surface area contributed by atoms with Gasteiger partial charge in [0.05, 0.1) is 12.2 Å². The highest BCUT2D eigenvalue weighted by atomic mass is 32.2. The van der Waals surface area contributed by atoms with Crippen LogP contribution in [-0.4, -0.2) is 28.9 Å². The molecule has 2 rings (SSSR count). The van der Waals surface area contributed by atoms with Crippen LogP contribution in [0, 0.1) is 12.8 Å². The van der Waals surface area contributed by atoms with Crippen molar-refractivity contribution in [2.24, 2.45) is 10.9 Å². The van der Waals surface area contributed by atoms with Gasteiger partial charge in [-0.25, -0.2) is 9.78 Å². The average molecular weight is 282 g/mol. The molecule has 0 N–H and O–H groups in total. The molecule has 6 heteroatoms. The Labute approximate surface area is 116 Å². The number of rotatable bonds is 3. The second-order valence-corrected chi connectivity index (χ2v) is 6.08. The first-order chi connectivity index (χ1) is 8.87. The molecule has 1 aliphatic rings. The molecule has 0 fully saturated rings. The predicted molar refractivity (Wildman–Crippen MR) is 74.7 cm³/mol. The summed E-state index contributed by atoms with van der Waals surface area (Å²) >= 11 is 1.72. The van der Waals surface area contributed by atoms with Crippen molar-refractivity contribution in [3.05, 3.63) is 17.3 Å². The molecule has 2 heterocycles. The molecule has 0 saturated heterocycles. The molecule has 104 valence electrons. The van der Waals surface area contributed by atoms with Gasteiger partial charge in [0.1, 0.15) is 11.3 Å². The average Bonchev–Trinajstić information content (AvgIpc) is 2.93. The Bertz CT molecular complexity index is 536. The fourth-order valence-electron chi connectivity index (χ4n) is 1.84. The summed E-state index contributed by atoms with van der Waals surface area (Å²) in [6.07, 6.45) is 0. The molecule has 0 aromatic carbocycles. The number of hydrogen-bond donors (Lipinski definition) is 0. The topological polar surface area (TPSA) is 64.7 Å². The lowest BCUT2D eigenvalue weighted by atomic mass is 10.1.